The number of aromatic nitrogens is 1. The van der Waals surface area contributed by atoms with Gasteiger partial charge in [0.1, 0.15) is 18.1 Å². The van der Waals surface area contributed by atoms with Crippen LogP contribution in [0.3, 0.4) is 0 Å². The zero-order chi connectivity index (χ0) is 21.5. The van der Waals surface area contributed by atoms with E-state index in [1.165, 1.54) is 24.4 Å². The fourth-order valence-corrected chi connectivity index (χ4v) is 2.75. The Labute approximate surface area is 172 Å². The number of ether oxygens (including phenoxy) is 2. The van der Waals surface area contributed by atoms with Crippen molar-refractivity contribution in [2.45, 2.75) is 20.0 Å². The first kappa shape index (κ1) is 20.8. The van der Waals surface area contributed by atoms with Gasteiger partial charge in [0.25, 0.3) is 0 Å². The minimum absolute atomic E-state index is 0.0588. The number of carboxylic acids is 1. The number of nitrogens with zero attached hydrogens (tertiary/aromatic N) is 1. The van der Waals surface area contributed by atoms with Gasteiger partial charge in [-0.1, -0.05) is 37.3 Å². The van der Waals surface area contributed by atoms with Crippen molar-refractivity contribution < 1.29 is 28.6 Å². The second-order valence-electron chi connectivity index (χ2n) is 6.23. The van der Waals surface area contributed by atoms with E-state index in [2.05, 4.69) is 10.3 Å². The lowest BCUT2D eigenvalue weighted by molar-refractivity contribution is 0.0688. The smallest absolute Gasteiger partial charge is 0.412 e. The van der Waals surface area contributed by atoms with Crippen LogP contribution in [0.1, 0.15) is 28.5 Å². The molecule has 0 aliphatic rings. The number of rotatable bonds is 7. The molecule has 30 heavy (non-hydrogen) atoms. The van der Waals surface area contributed by atoms with Gasteiger partial charge in [-0.15, -0.1) is 0 Å². The van der Waals surface area contributed by atoms with Crippen molar-refractivity contribution in [3.8, 4) is 11.5 Å². The SMILES string of the molecule is CCc1c(Oc2ccc(NC(=O)OCc3ccccc3)c(F)c2)ccnc1C(=O)O. The Bertz CT molecular complexity index is 1060. The maximum absolute atomic E-state index is 14.4. The number of anilines is 1. The molecule has 3 rings (SSSR count). The molecule has 0 fully saturated rings. The van der Waals surface area contributed by atoms with Gasteiger partial charge in [-0.2, -0.15) is 0 Å². The molecule has 1 amide bonds. The Morgan fingerprint density at radius 1 is 1.13 bits per heavy atom. The van der Waals surface area contributed by atoms with Gasteiger partial charge in [-0.25, -0.2) is 19.0 Å². The largest absolute Gasteiger partial charge is 0.477 e. The topological polar surface area (TPSA) is 97.8 Å². The van der Waals surface area contributed by atoms with Crippen molar-refractivity contribution in [1.29, 1.82) is 0 Å². The minimum atomic E-state index is -1.17. The van der Waals surface area contributed by atoms with Crippen molar-refractivity contribution in [1.82, 2.24) is 4.98 Å². The molecule has 0 saturated heterocycles. The van der Waals surface area contributed by atoms with Gasteiger partial charge in [0.05, 0.1) is 5.69 Å². The molecular formula is C22H19FN2O5. The molecule has 0 saturated carbocycles. The number of nitrogens with one attached hydrogen (secondary N) is 1. The van der Waals surface area contributed by atoms with Crippen molar-refractivity contribution in [3.63, 3.8) is 0 Å². The number of carbonyl (C=O) groups excluding carboxylic acids is 1. The maximum atomic E-state index is 14.4. The van der Waals surface area contributed by atoms with E-state index in [0.717, 1.165) is 11.6 Å². The van der Waals surface area contributed by atoms with E-state index in [0.29, 0.717) is 12.0 Å². The minimum Gasteiger partial charge on any atom is -0.477 e. The number of aromatic carboxylic acids is 1. The van der Waals surface area contributed by atoms with Crippen LogP contribution in [0.4, 0.5) is 14.9 Å². The lowest BCUT2D eigenvalue weighted by Gasteiger charge is -2.13. The number of amides is 1. The highest BCUT2D eigenvalue weighted by Gasteiger charge is 2.16. The van der Waals surface area contributed by atoms with E-state index in [4.69, 9.17) is 9.47 Å². The maximum Gasteiger partial charge on any atom is 0.412 e. The molecule has 0 radical (unpaired) electrons. The Morgan fingerprint density at radius 2 is 1.90 bits per heavy atom. The standard InChI is InChI=1S/C22H19FN2O5/c1-2-16-19(10-11-24-20(16)21(26)27)30-15-8-9-18(17(23)12-15)25-22(28)29-13-14-6-4-3-5-7-14/h3-12H,2,13H2,1H3,(H,25,28)(H,26,27). The molecule has 8 heteroatoms. The van der Waals surface area contributed by atoms with E-state index in [1.807, 2.05) is 18.2 Å². The third-order valence-electron chi connectivity index (χ3n) is 4.19. The van der Waals surface area contributed by atoms with Crippen molar-refractivity contribution in [2.24, 2.45) is 0 Å². The highest BCUT2D eigenvalue weighted by Crippen LogP contribution is 2.29. The molecule has 0 aliphatic heterocycles. The summed E-state index contributed by atoms with van der Waals surface area (Å²) >= 11 is 0. The molecular weight excluding hydrogens is 391 g/mol. The molecule has 0 spiro atoms. The van der Waals surface area contributed by atoms with E-state index < -0.39 is 17.9 Å². The molecule has 1 heterocycles. The van der Waals surface area contributed by atoms with Gasteiger partial charge >= 0.3 is 12.1 Å². The summed E-state index contributed by atoms with van der Waals surface area (Å²) < 4.78 is 25.1. The molecule has 0 aliphatic carbocycles. The second-order valence-corrected chi connectivity index (χ2v) is 6.23. The van der Waals surface area contributed by atoms with Crippen LogP contribution in [0, 0.1) is 5.82 Å². The molecule has 0 unspecified atom stereocenters. The van der Waals surface area contributed by atoms with Gasteiger partial charge < -0.3 is 14.6 Å². The quantitative estimate of drug-likeness (QED) is 0.567. The Kier molecular flexibility index (Phi) is 6.59. The molecule has 154 valence electrons. The summed E-state index contributed by atoms with van der Waals surface area (Å²) in [4.78, 5) is 27.0. The fourth-order valence-electron chi connectivity index (χ4n) is 2.75. The summed E-state index contributed by atoms with van der Waals surface area (Å²) in [6, 6.07) is 14.5. The fraction of sp³-hybridized carbons (Fsp3) is 0.136. The predicted molar refractivity (Wildman–Crippen MR) is 107 cm³/mol. The number of carbonyl (C=O) groups is 2. The first-order valence-corrected chi connectivity index (χ1v) is 9.14. The highest BCUT2D eigenvalue weighted by molar-refractivity contribution is 5.88. The molecule has 3 aromatic rings. The summed E-state index contributed by atoms with van der Waals surface area (Å²) in [5.41, 5.74) is 1.02. The van der Waals surface area contributed by atoms with Gasteiger partial charge in [0, 0.05) is 17.8 Å². The van der Waals surface area contributed by atoms with E-state index in [1.54, 1.807) is 19.1 Å². The zero-order valence-corrected chi connectivity index (χ0v) is 16.1. The van der Waals surface area contributed by atoms with Crippen LogP contribution in [-0.4, -0.2) is 22.2 Å². The van der Waals surface area contributed by atoms with Crippen LogP contribution in [-0.2, 0) is 17.8 Å². The molecule has 2 aromatic carbocycles. The van der Waals surface area contributed by atoms with Gasteiger partial charge in [-0.05, 0) is 30.2 Å². The third kappa shape index (κ3) is 5.11. The van der Waals surface area contributed by atoms with Crippen molar-refractivity contribution in [3.05, 3.63) is 83.4 Å². The highest BCUT2D eigenvalue weighted by atomic mass is 19.1. The monoisotopic (exact) mass is 410 g/mol. The van der Waals surface area contributed by atoms with Crippen LogP contribution in [0.15, 0.2) is 60.8 Å². The average Bonchev–Trinajstić information content (AvgIpc) is 2.74. The number of benzene rings is 2. The van der Waals surface area contributed by atoms with E-state index >= 15 is 0 Å². The van der Waals surface area contributed by atoms with Gasteiger partial charge in [-0.3, -0.25) is 5.32 Å². The van der Waals surface area contributed by atoms with Crippen molar-refractivity contribution in [2.75, 3.05) is 5.32 Å². The summed E-state index contributed by atoms with van der Waals surface area (Å²) in [5, 5.41) is 11.6. The second kappa shape index (κ2) is 9.51. The number of hydrogen-bond acceptors (Lipinski definition) is 5. The Balaban J connectivity index is 1.68. The van der Waals surface area contributed by atoms with Crippen LogP contribution >= 0.6 is 0 Å². The summed E-state index contributed by atoms with van der Waals surface area (Å²) in [6.07, 6.45) is 0.896. The van der Waals surface area contributed by atoms with Crippen LogP contribution in [0.2, 0.25) is 0 Å². The van der Waals surface area contributed by atoms with Gasteiger partial charge in [0.15, 0.2) is 11.5 Å². The summed E-state index contributed by atoms with van der Waals surface area (Å²) in [6.45, 7) is 1.83. The molecule has 2 N–H and O–H groups in total. The lowest BCUT2D eigenvalue weighted by Crippen LogP contribution is -2.14. The average molecular weight is 410 g/mol. The van der Waals surface area contributed by atoms with Crippen LogP contribution < -0.4 is 10.1 Å². The predicted octanol–water partition coefficient (Wildman–Crippen LogP) is 5.02. The first-order valence-electron chi connectivity index (χ1n) is 9.14. The van der Waals surface area contributed by atoms with E-state index in [9.17, 15) is 19.1 Å². The van der Waals surface area contributed by atoms with E-state index in [-0.39, 0.29) is 29.5 Å². The van der Waals surface area contributed by atoms with Crippen molar-refractivity contribution >= 4 is 17.7 Å². The van der Waals surface area contributed by atoms with Crippen LogP contribution in [0.25, 0.3) is 0 Å². The summed E-state index contributed by atoms with van der Waals surface area (Å²) in [5.74, 6) is -1.48. The normalized spacial score (nSPS) is 10.3. The van der Waals surface area contributed by atoms with Gasteiger partial charge in [0.2, 0.25) is 0 Å². The molecule has 0 bridgehead atoms. The third-order valence-corrected chi connectivity index (χ3v) is 4.19. The molecule has 0 atom stereocenters. The Morgan fingerprint density at radius 3 is 2.57 bits per heavy atom. The van der Waals surface area contributed by atoms with Crippen LogP contribution in [0.5, 0.6) is 11.5 Å². The molecule has 7 nitrogen and oxygen atoms in total. The lowest BCUT2D eigenvalue weighted by atomic mass is 10.1. The summed E-state index contributed by atoms with van der Waals surface area (Å²) in [7, 11) is 0. The number of halogens is 1. The zero-order valence-electron chi connectivity index (χ0n) is 16.1. The first-order chi connectivity index (χ1) is 14.5. The number of carboxylic acid groups (broad SMARTS) is 1. The Hall–Kier alpha value is -3.94. The number of hydrogen-bond donors (Lipinski definition) is 2. The molecule has 1 aromatic heterocycles. The number of pyridine rings is 1.